The fraction of sp³-hybridized carbons (Fsp3) is 0.812. The van der Waals surface area contributed by atoms with Gasteiger partial charge in [0.2, 0.25) is 0 Å². The second-order valence-corrected chi connectivity index (χ2v) is 5.89. The van der Waals surface area contributed by atoms with Gasteiger partial charge in [0.15, 0.2) is 0 Å². The maximum absolute atomic E-state index is 12.3. The molecule has 0 aromatic heterocycles. The normalized spacial score (nSPS) is 29.8. The van der Waals surface area contributed by atoms with Gasteiger partial charge < -0.3 is 0 Å². The zero-order valence-electron chi connectivity index (χ0n) is 11.2. The third-order valence-electron chi connectivity index (χ3n) is 4.60. The molecule has 96 valence electrons. The third kappa shape index (κ3) is 3.69. The first-order chi connectivity index (χ1) is 8.29. The van der Waals surface area contributed by atoms with Crippen LogP contribution in [-0.2, 0) is 4.79 Å². The average Bonchev–Trinajstić information content (AvgIpc) is 2.40. The summed E-state index contributed by atoms with van der Waals surface area (Å²) in [7, 11) is 0. The van der Waals surface area contributed by atoms with Crippen molar-refractivity contribution in [3.63, 3.8) is 0 Å². The molecule has 0 radical (unpaired) electrons. The second kappa shape index (κ2) is 6.37. The summed E-state index contributed by atoms with van der Waals surface area (Å²) in [6, 6.07) is 0. The van der Waals surface area contributed by atoms with Crippen molar-refractivity contribution in [2.24, 2.45) is 11.8 Å². The van der Waals surface area contributed by atoms with Gasteiger partial charge in [0, 0.05) is 12.3 Å². The Labute approximate surface area is 106 Å². The summed E-state index contributed by atoms with van der Waals surface area (Å²) in [5.41, 5.74) is 1.43. The smallest absolute Gasteiger partial charge is 0.140 e. The minimum absolute atomic E-state index is 0.386. The van der Waals surface area contributed by atoms with Crippen LogP contribution in [0.1, 0.15) is 71.1 Å². The highest BCUT2D eigenvalue weighted by Gasteiger charge is 2.26. The zero-order chi connectivity index (χ0) is 12.1. The SMILES string of the molecule is CCC1CCCC(C(=O)CC2=CCCCC2)C1. The summed E-state index contributed by atoms with van der Waals surface area (Å²) in [5.74, 6) is 1.74. The molecule has 2 aliphatic rings. The van der Waals surface area contributed by atoms with E-state index in [0.29, 0.717) is 11.7 Å². The van der Waals surface area contributed by atoms with Gasteiger partial charge >= 0.3 is 0 Å². The van der Waals surface area contributed by atoms with Crippen LogP contribution in [0.2, 0.25) is 0 Å². The predicted octanol–water partition coefficient (Wildman–Crippen LogP) is 4.66. The van der Waals surface area contributed by atoms with E-state index in [1.54, 1.807) is 0 Å². The summed E-state index contributed by atoms with van der Waals surface area (Å²) in [5, 5.41) is 0. The van der Waals surface area contributed by atoms with E-state index in [0.717, 1.165) is 18.8 Å². The number of rotatable bonds is 4. The molecule has 2 rings (SSSR count). The lowest BCUT2D eigenvalue weighted by molar-refractivity contribution is -0.123. The average molecular weight is 234 g/mol. The first kappa shape index (κ1) is 12.9. The molecule has 1 fully saturated rings. The second-order valence-electron chi connectivity index (χ2n) is 5.89. The van der Waals surface area contributed by atoms with Gasteiger partial charge in [-0.25, -0.2) is 0 Å². The van der Waals surface area contributed by atoms with Gasteiger partial charge in [-0.1, -0.05) is 37.8 Å². The Hall–Kier alpha value is -0.590. The number of hydrogen-bond acceptors (Lipinski definition) is 1. The highest BCUT2D eigenvalue weighted by atomic mass is 16.1. The van der Waals surface area contributed by atoms with Crippen LogP contribution in [0.3, 0.4) is 0 Å². The molecule has 0 aromatic carbocycles. The minimum Gasteiger partial charge on any atom is -0.299 e. The van der Waals surface area contributed by atoms with E-state index >= 15 is 0 Å². The molecule has 0 aromatic rings. The number of hydrogen-bond donors (Lipinski definition) is 0. The fourth-order valence-corrected chi connectivity index (χ4v) is 3.39. The van der Waals surface area contributed by atoms with E-state index in [-0.39, 0.29) is 0 Å². The lowest BCUT2D eigenvalue weighted by Gasteiger charge is -2.28. The minimum atomic E-state index is 0.386. The van der Waals surface area contributed by atoms with Crippen molar-refractivity contribution in [2.75, 3.05) is 0 Å². The van der Waals surface area contributed by atoms with Gasteiger partial charge in [-0.3, -0.25) is 4.79 Å². The largest absolute Gasteiger partial charge is 0.299 e. The highest BCUT2D eigenvalue weighted by Crippen LogP contribution is 2.33. The van der Waals surface area contributed by atoms with Crippen molar-refractivity contribution in [1.82, 2.24) is 0 Å². The van der Waals surface area contributed by atoms with Crippen LogP contribution in [0.4, 0.5) is 0 Å². The van der Waals surface area contributed by atoms with Crippen LogP contribution < -0.4 is 0 Å². The molecule has 0 saturated heterocycles. The van der Waals surface area contributed by atoms with Gasteiger partial charge in [-0.15, -0.1) is 0 Å². The highest BCUT2D eigenvalue weighted by molar-refractivity contribution is 5.83. The van der Waals surface area contributed by atoms with Crippen molar-refractivity contribution < 1.29 is 4.79 Å². The molecule has 1 nitrogen and oxygen atoms in total. The molecule has 1 saturated carbocycles. The molecule has 1 heteroatoms. The van der Waals surface area contributed by atoms with E-state index in [1.165, 1.54) is 56.9 Å². The molecule has 17 heavy (non-hydrogen) atoms. The quantitative estimate of drug-likeness (QED) is 0.646. The van der Waals surface area contributed by atoms with E-state index in [1.807, 2.05) is 0 Å². The Morgan fingerprint density at radius 2 is 2.18 bits per heavy atom. The first-order valence-corrected chi connectivity index (χ1v) is 7.50. The lowest BCUT2D eigenvalue weighted by atomic mass is 9.77. The Bertz CT molecular complexity index is 290. The lowest BCUT2D eigenvalue weighted by Crippen LogP contribution is -2.23. The zero-order valence-corrected chi connectivity index (χ0v) is 11.2. The van der Waals surface area contributed by atoms with Crippen LogP contribution in [0.5, 0.6) is 0 Å². The standard InChI is InChI=1S/C16H26O/c1-2-13-9-6-10-15(11-13)16(17)12-14-7-4-3-5-8-14/h7,13,15H,2-6,8-12H2,1H3. The number of carbonyl (C=O) groups is 1. The topological polar surface area (TPSA) is 17.1 Å². The predicted molar refractivity (Wildman–Crippen MR) is 71.9 cm³/mol. The van der Waals surface area contributed by atoms with Crippen molar-refractivity contribution in [2.45, 2.75) is 71.1 Å². The molecule has 0 amide bonds. The van der Waals surface area contributed by atoms with Crippen molar-refractivity contribution >= 4 is 5.78 Å². The number of carbonyl (C=O) groups excluding carboxylic acids is 1. The molecular formula is C16H26O. The Balaban J connectivity index is 1.84. The fourth-order valence-electron chi connectivity index (χ4n) is 3.39. The maximum Gasteiger partial charge on any atom is 0.140 e. The third-order valence-corrected chi connectivity index (χ3v) is 4.60. The molecule has 0 bridgehead atoms. The van der Waals surface area contributed by atoms with E-state index < -0.39 is 0 Å². The summed E-state index contributed by atoms with van der Waals surface area (Å²) in [6.07, 6.45) is 14.3. The van der Waals surface area contributed by atoms with Crippen LogP contribution in [0, 0.1) is 11.8 Å². The summed E-state index contributed by atoms with van der Waals surface area (Å²) in [6.45, 7) is 2.27. The van der Waals surface area contributed by atoms with Crippen LogP contribution in [0.15, 0.2) is 11.6 Å². The number of allylic oxidation sites excluding steroid dienone is 2. The van der Waals surface area contributed by atoms with Crippen LogP contribution in [-0.4, -0.2) is 5.78 Å². The Morgan fingerprint density at radius 1 is 1.29 bits per heavy atom. The molecule has 0 N–H and O–H groups in total. The molecule has 2 atom stereocenters. The van der Waals surface area contributed by atoms with Crippen molar-refractivity contribution in [3.05, 3.63) is 11.6 Å². The summed E-state index contributed by atoms with van der Waals surface area (Å²) >= 11 is 0. The number of ketones is 1. The molecule has 2 unspecified atom stereocenters. The van der Waals surface area contributed by atoms with Gasteiger partial charge in [0.1, 0.15) is 5.78 Å². The molecule has 0 spiro atoms. The van der Waals surface area contributed by atoms with Gasteiger partial charge in [0.25, 0.3) is 0 Å². The van der Waals surface area contributed by atoms with Gasteiger partial charge in [-0.05, 0) is 44.4 Å². The van der Waals surface area contributed by atoms with Gasteiger partial charge in [-0.2, -0.15) is 0 Å². The molecule has 0 heterocycles. The van der Waals surface area contributed by atoms with E-state index in [9.17, 15) is 4.79 Å². The van der Waals surface area contributed by atoms with E-state index in [4.69, 9.17) is 0 Å². The Kier molecular flexibility index (Phi) is 4.82. The first-order valence-electron chi connectivity index (χ1n) is 7.50. The molecule has 0 aliphatic heterocycles. The van der Waals surface area contributed by atoms with Crippen LogP contribution >= 0.6 is 0 Å². The van der Waals surface area contributed by atoms with Crippen LogP contribution in [0.25, 0.3) is 0 Å². The Morgan fingerprint density at radius 3 is 2.88 bits per heavy atom. The van der Waals surface area contributed by atoms with Crippen molar-refractivity contribution in [3.8, 4) is 0 Å². The van der Waals surface area contributed by atoms with Crippen molar-refractivity contribution in [1.29, 1.82) is 0 Å². The van der Waals surface area contributed by atoms with Gasteiger partial charge in [0.05, 0.1) is 0 Å². The van der Waals surface area contributed by atoms with E-state index in [2.05, 4.69) is 13.0 Å². The maximum atomic E-state index is 12.3. The number of Topliss-reactive ketones (excluding diaryl/α,β-unsaturated/α-hetero) is 1. The molecule has 2 aliphatic carbocycles. The summed E-state index contributed by atoms with van der Waals surface area (Å²) in [4.78, 5) is 12.3. The monoisotopic (exact) mass is 234 g/mol. The summed E-state index contributed by atoms with van der Waals surface area (Å²) < 4.78 is 0. The molecular weight excluding hydrogens is 208 g/mol.